The largest absolute Gasteiger partial charge is 0.468 e. The lowest BCUT2D eigenvalue weighted by Crippen LogP contribution is -1.80. The van der Waals surface area contributed by atoms with Crippen LogP contribution < -0.4 is 0 Å². The van der Waals surface area contributed by atoms with Gasteiger partial charge in [0.25, 0.3) is 6.47 Å². The first-order chi connectivity index (χ1) is 6.35. The second-order valence-corrected chi connectivity index (χ2v) is 2.31. The van der Waals surface area contributed by atoms with Crippen molar-refractivity contribution in [2.75, 3.05) is 6.61 Å². The molecule has 1 rings (SSSR count). The summed E-state index contributed by atoms with van der Waals surface area (Å²) in [5.74, 6) is 0.549. The molecule has 13 heavy (non-hydrogen) atoms. The molecule has 1 aromatic heterocycles. The lowest BCUT2D eigenvalue weighted by molar-refractivity contribution is -0.128. The number of carbonyl (C=O) groups excluding carboxylic acids is 1. The molecule has 0 unspecified atom stereocenters. The Balaban J connectivity index is 0.000000252. The summed E-state index contributed by atoms with van der Waals surface area (Å²) >= 11 is 5.49. The Bertz CT molecular complexity index is 216. The Morgan fingerprint density at radius 3 is 2.69 bits per heavy atom. The maximum atomic E-state index is 9.18. The lowest BCUT2D eigenvalue weighted by Gasteiger charge is -1.87. The van der Waals surface area contributed by atoms with Crippen molar-refractivity contribution >= 4 is 18.1 Å². The highest BCUT2D eigenvalue weighted by Crippen LogP contribution is 1.98. The summed E-state index contributed by atoms with van der Waals surface area (Å²) in [6.07, 6.45) is 3.49. The van der Waals surface area contributed by atoms with E-state index in [-0.39, 0.29) is 0 Å². The quantitative estimate of drug-likeness (QED) is 0.555. The van der Waals surface area contributed by atoms with Crippen LogP contribution in [-0.2, 0) is 15.4 Å². The fraction of sp³-hybridized carbons (Fsp3) is 0.333. The normalized spacial score (nSPS) is 8.15. The summed E-state index contributed by atoms with van der Waals surface area (Å²) in [7, 11) is 0. The molecule has 1 heterocycles. The van der Waals surface area contributed by atoms with Crippen molar-refractivity contribution in [1.29, 1.82) is 0 Å². The molecule has 0 aliphatic rings. The summed E-state index contributed by atoms with van der Waals surface area (Å²) in [4.78, 5) is 13.1. The molecule has 0 atom stereocenters. The highest BCUT2D eigenvalue weighted by atomic mass is 35.5. The summed E-state index contributed by atoms with van der Waals surface area (Å²) in [6.45, 7) is 2.66. The van der Waals surface area contributed by atoms with Gasteiger partial charge >= 0.3 is 0 Å². The van der Waals surface area contributed by atoms with E-state index in [1.807, 2.05) is 12.1 Å². The van der Waals surface area contributed by atoms with Gasteiger partial charge in [-0.15, -0.1) is 11.6 Å². The zero-order valence-corrected chi connectivity index (χ0v) is 8.20. The SMILES string of the molecule is CCOC=O.ClCc1cccnc1. The fourth-order valence-electron chi connectivity index (χ4n) is 0.545. The van der Waals surface area contributed by atoms with Crippen LogP contribution in [0.5, 0.6) is 0 Å². The summed E-state index contributed by atoms with van der Waals surface area (Å²) in [6, 6.07) is 3.82. The van der Waals surface area contributed by atoms with Gasteiger partial charge in [-0.3, -0.25) is 9.78 Å². The fourth-order valence-corrected chi connectivity index (χ4v) is 0.703. The Hall–Kier alpha value is -1.09. The Labute approximate surface area is 82.7 Å². The Kier molecular flexibility index (Phi) is 8.25. The minimum absolute atomic E-state index is 0.431. The monoisotopic (exact) mass is 201 g/mol. The number of rotatable bonds is 3. The third kappa shape index (κ3) is 7.28. The van der Waals surface area contributed by atoms with Crippen LogP contribution in [0.25, 0.3) is 0 Å². The van der Waals surface area contributed by atoms with Gasteiger partial charge in [-0.2, -0.15) is 0 Å². The van der Waals surface area contributed by atoms with Crippen LogP contribution in [0.4, 0.5) is 0 Å². The number of hydrogen-bond donors (Lipinski definition) is 0. The maximum Gasteiger partial charge on any atom is 0.293 e. The van der Waals surface area contributed by atoms with Gasteiger partial charge in [0.2, 0.25) is 0 Å². The van der Waals surface area contributed by atoms with Crippen LogP contribution in [0, 0.1) is 0 Å². The van der Waals surface area contributed by atoms with Crippen molar-refractivity contribution in [3.05, 3.63) is 30.1 Å². The lowest BCUT2D eigenvalue weighted by atomic mass is 10.3. The van der Waals surface area contributed by atoms with Gasteiger partial charge < -0.3 is 4.74 Å². The average molecular weight is 202 g/mol. The van der Waals surface area contributed by atoms with Crippen LogP contribution in [0.1, 0.15) is 12.5 Å². The van der Waals surface area contributed by atoms with Gasteiger partial charge in [-0.1, -0.05) is 6.07 Å². The number of nitrogens with zero attached hydrogens (tertiary/aromatic N) is 1. The number of alkyl halides is 1. The van der Waals surface area contributed by atoms with Crippen LogP contribution in [-0.4, -0.2) is 18.1 Å². The standard InChI is InChI=1S/C6H6ClN.C3H6O2/c7-4-6-2-1-3-8-5-6;1-2-5-3-4/h1-3,5H,4H2;3H,2H2,1H3. The van der Waals surface area contributed by atoms with E-state index in [9.17, 15) is 4.79 Å². The van der Waals surface area contributed by atoms with Crippen LogP contribution in [0.15, 0.2) is 24.5 Å². The van der Waals surface area contributed by atoms with Crippen molar-refractivity contribution in [3.63, 3.8) is 0 Å². The Morgan fingerprint density at radius 2 is 2.46 bits per heavy atom. The first-order valence-corrected chi connectivity index (χ1v) is 4.38. The van der Waals surface area contributed by atoms with Gasteiger partial charge in [-0.25, -0.2) is 0 Å². The van der Waals surface area contributed by atoms with Gasteiger partial charge in [0, 0.05) is 18.3 Å². The molecule has 0 spiro atoms. The molecule has 3 nitrogen and oxygen atoms in total. The Morgan fingerprint density at radius 1 is 1.69 bits per heavy atom. The van der Waals surface area contributed by atoms with Crippen LogP contribution in [0.3, 0.4) is 0 Å². The van der Waals surface area contributed by atoms with Gasteiger partial charge in [0.1, 0.15) is 0 Å². The molecule has 0 radical (unpaired) electrons. The summed E-state index contributed by atoms with van der Waals surface area (Å²) in [5, 5.41) is 0. The molecule has 0 amide bonds. The molecule has 4 heteroatoms. The van der Waals surface area contributed by atoms with Crippen molar-refractivity contribution in [2.24, 2.45) is 0 Å². The van der Waals surface area contributed by atoms with Crippen LogP contribution >= 0.6 is 11.6 Å². The molecule has 0 aliphatic carbocycles. The third-order valence-corrected chi connectivity index (χ3v) is 1.42. The van der Waals surface area contributed by atoms with E-state index < -0.39 is 0 Å². The topological polar surface area (TPSA) is 39.2 Å². The number of ether oxygens (including phenoxy) is 1. The number of aromatic nitrogens is 1. The third-order valence-electron chi connectivity index (χ3n) is 1.11. The van der Waals surface area contributed by atoms with Crippen molar-refractivity contribution in [3.8, 4) is 0 Å². The van der Waals surface area contributed by atoms with E-state index >= 15 is 0 Å². The van der Waals surface area contributed by atoms with E-state index in [0.29, 0.717) is 19.0 Å². The highest BCUT2D eigenvalue weighted by molar-refractivity contribution is 6.17. The zero-order valence-electron chi connectivity index (χ0n) is 7.44. The minimum Gasteiger partial charge on any atom is -0.468 e. The molecule has 0 bridgehead atoms. The van der Waals surface area contributed by atoms with E-state index in [1.54, 1.807) is 19.3 Å². The summed E-state index contributed by atoms with van der Waals surface area (Å²) < 4.78 is 4.15. The highest BCUT2D eigenvalue weighted by Gasteiger charge is 1.82. The van der Waals surface area contributed by atoms with E-state index in [1.165, 1.54) is 0 Å². The molecule has 0 saturated heterocycles. The average Bonchev–Trinajstić information content (AvgIpc) is 2.21. The maximum absolute atomic E-state index is 9.18. The molecule has 0 aliphatic heterocycles. The van der Waals surface area contributed by atoms with Gasteiger partial charge in [0.05, 0.1) is 6.61 Å². The van der Waals surface area contributed by atoms with E-state index in [4.69, 9.17) is 11.6 Å². The molecule has 1 aromatic rings. The molecule has 0 saturated carbocycles. The van der Waals surface area contributed by atoms with Crippen molar-refractivity contribution < 1.29 is 9.53 Å². The van der Waals surface area contributed by atoms with Crippen molar-refractivity contribution in [2.45, 2.75) is 12.8 Å². The predicted octanol–water partition coefficient (Wildman–Crippen LogP) is 2.00. The molecule has 0 fully saturated rings. The molecule has 72 valence electrons. The van der Waals surface area contributed by atoms with E-state index in [0.717, 1.165) is 5.56 Å². The number of carbonyl (C=O) groups is 1. The minimum atomic E-state index is 0.431. The van der Waals surface area contributed by atoms with Crippen LogP contribution in [0.2, 0.25) is 0 Å². The molecule has 0 aromatic carbocycles. The van der Waals surface area contributed by atoms with Gasteiger partial charge in [0.15, 0.2) is 0 Å². The number of pyridine rings is 1. The first kappa shape index (κ1) is 11.9. The van der Waals surface area contributed by atoms with Crippen molar-refractivity contribution in [1.82, 2.24) is 4.98 Å². The molecule has 0 N–H and O–H groups in total. The zero-order chi connectivity index (χ0) is 9.94. The molecular formula is C9H12ClNO2. The second-order valence-electron chi connectivity index (χ2n) is 2.05. The summed E-state index contributed by atoms with van der Waals surface area (Å²) in [5.41, 5.74) is 1.06. The van der Waals surface area contributed by atoms with E-state index in [2.05, 4.69) is 9.72 Å². The predicted molar refractivity (Wildman–Crippen MR) is 51.5 cm³/mol. The molecular weight excluding hydrogens is 190 g/mol. The number of hydrogen-bond acceptors (Lipinski definition) is 3. The van der Waals surface area contributed by atoms with Gasteiger partial charge in [-0.05, 0) is 18.6 Å². The second kappa shape index (κ2) is 9.00. The first-order valence-electron chi connectivity index (χ1n) is 3.85. The number of halogens is 1. The smallest absolute Gasteiger partial charge is 0.293 e.